The fourth-order valence-electron chi connectivity index (χ4n) is 3.05. The van der Waals surface area contributed by atoms with Crippen LogP contribution in [-0.2, 0) is 11.2 Å². The standard InChI is InChI=1S/C13H20N2O3/c1-2-3-8(16)6-12-14-13(15-18-12)10-7-9-4-5-11(10)17-9/h8-11,16H,2-7H2,1H3. The average molecular weight is 252 g/mol. The smallest absolute Gasteiger partial charge is 0.229 e. The lowest BCUT2D eigenvalue weighted by Crippen LogP contribution is -2.16. The lowest BCUT2D eigenvalue weighted by atomic mass is 9.89. The molecular weight excluding hydrogens is 232 g/mol. The molecule has 1 aromatic rings. The molecule has 5 nitrogen and oxygen atoms in total. The van der Waals surface area contributed by atoms with Crippen LogP contribution in [0.25, 0.3) is 0 Å². The van der Waals surface area contributed by atoms with Gasteiger partial charge < -0.3 is 14.4 Å². The number of fused-ring (bicyclic) bond motifs is 2. The van der Waals surface area contributed by atoms with E-state index in [1.54, 1.807) is 0 Å². The van der Waals surface area contributed by atoms with Crippen LogP contribution in [0.2, 0.25) is 0 Å². The van der Waals surface area contributed by atoms with E-state index in [-0.39, 0.29) is 12.2 Å². The van der Waals surface area contributed by atoms with Gasteiger partial charge in [0.05, 0.1) is 30.7 Å². The van der Waals surface area contributed by atoms with Crippen LogP contribution >= 0.6 is 0 Å². The molecule has 2 bridgehead atoms. The summed E-state index contributed by atoms with van der Waals surface area (Å²) in [6.45, 7) is 2.05. The molecule has 2 fully saturated rings. The fourth-order valence-corrected chi connectivity index (χ4v) is 3.05. The maximum Gasteiger partial charge on any atom is 0.229 e. The van der Waals surface area contributed by atoms with E-state index in [0.29, 0.717) is 24.3 Å². The molecule has 2 aliphatic rings. The molecule has 0 aliphatic carbocycles. The van der Waals surface area contributed by atoms with E-state index in [9.17, 15) is 5.11 Å². The molecule has 0 spiro atoms. The molecule has 0 aromatic carbocycles. The van der Waals surface area contributed by atoms with Crippen molar-refractivity contribution in [3.05, 3.63) is 11.7 Å². The van der Waals surface area contributed by atoms with Gasteiger partial charge in [0.15, 0.2) is 5.82 Å². The first kappa shape index (κ1) is 12.1. The van der Waals surface area contributed by atoms with Crippen LogP contribution in [0.5, 0.6) is 0 Å². The summed E-state index contributed by atoms with van der Waals surface area (Å²) < 4.78 is 11.0. The van der Waals surface area contributed by atoms with Gasteiger partial charge in [-0.1, -0.05) is 18.5 Å². The van der Waals surface area contributed by atoms with Gasteiger partial charge in [0.25, 0.3) is 0 Å². The Morgan fingerprint density at radius 3 is 3.00 bits per heavy atom. The van der Waals surface area contributed by atoms with E-state index in [1.165, 1.54) is 6.42 Å². The Kier molecular flexibility index (Phi) is 3.35. The van der Waals surface area contributed by atoms with Crippen molar-refractivity contribution in [3.63, 3.8) is 0 Å². The number of hydrogen-bond acceptors (Lipinski definition) is 5. The number of hydrogen-bond donors (Lipinski definition) is 1. The Morgan fingerprint density at radius 1 is 1.44 bits per heavy atom. The molecule has 4 unspecified atom stereocenters. The second-order valence-corrected chi connectivity index (χ2v) is 5.41. The number of nitrogens with zero attached hydrogens (tertiary/aromatic N) is 2. The SMILES string of the molecule is CCCC(O)Cc1nc(C2CC3CCC2O3)no1. The second kappa shape index (κ2) is 4.97. The molecule has 5 heteroatoms. The van der Waals surface area contributed by atoms with Crippen LogP contribution in [0.4, 0.5) is 0 Å². The highest BCUT2D eigenvalue weighted by molar-refractivity contribution is 5.07. The molecule has 0 saturated carbocycles. The minimum atomic E-state index is -0.375. The minimum Gasteiger partial charge on any atom is -0.393 e. The normalized spacial score (nSPS) is 32.0. The number of aromatic nitrogens is 2. The molecule has 18 heavy (non-hydrogen) atoms. The quantitative estimate of drug-likeness (QED) is 0.865. The summed E-state index contributed by atoms with van der Waals surface area (Å²) in [5.41, 5.74) is 0. The molecule has 2 saturated heterocycles. The molecule has 3 rings (SSSR count). The van der Waals surface area contributed by atoms with Crippen molar-refractivity contribution in [1.82, 2.24) is 10.1 Å². The molecule has 4 atom stereocenters. The average Bonchev–Trinajstić information content (AvgIpc) is 3.03. The number of aliphatic hydroxyl groups is 1. The predicted molar refractivity (Wildman–Crippen MR) is 64.2 cm³/mol. The monoisotopic (exact) mass is 252 g/mol. The first-order valence-electron chi connectivity index (χ1n) is 6.92. The molecule has 1 N–H and O–H groups in total. The molecule has 0 amide bonds. The minimum absolute atomic E-state index is 0.279. The summed E-state index contributed by atoms with van der Waals surface area (Å²) in [5, 5.41) is 13.8. The second-order valence-electron chi connectivity index (χ2n) is 5.41. The Morgan fingerprint density at radius 2 is 2.33 bits per heavy atom. The van der Waals surface area contributed by atoms with Gasteiger partial charge in [-0.2, -0.15) is 4.98 Å². The Bertz CT molecular complexity index is 407. The highest BCUT2D eigenvalue weighted by atomic mass is 16.5. The fraction of sp³-hybridized carbons (Fsp3) is 0.846. The van der Waals surface area contributed by atoms with Gasteiger partial charge in [0, 0.05) is 0 Å². The predicted octanol–water partition coefficient (Wildman–Crippen LogP) is 1.81. The van der Waals surface area contributed by atoms with Crippen molar-refractivity contribution < 1.29 is 14.4 Å². The van der Waals surface area contributed by atoms with E-state index in [1.807, 2.05) is 0 Å². The number of aliphatic hydroxyl groups excluding tert-OH is 1. The summed E-state index contributed by atoms with van der Waals surface area (Å²) >= 11 is 0. The van der Waals surface area contributed by atoms with Crippen LogP contribution in [0.1, 0.15) is 56.7 Å². The topological polar surface area (TPSA) is 68.4 Å². The molecule has 0 radical (unpaired) electrons. The third kappa shape index (κ3) is 2.29. The summed E-state index contributed by atoms with van der Waals surface area (Å²) in [7, 11) is 0. The van der Waals surface area contributed by atoms with Gasteiger partial charge in [0.1, 0.15) is 0 Å². The largest absolute Gasteiger partial charge is 0.393 e. The summed E-state index contributed by atoms with van der Waals surface area (Å²) in [4.78, 5) is 4.42. The molecule has 1 aromatic heterocycles. The molecular formula is C13H20N2O3. The van der Waals surface area contributed by atoms with Gasteiger partial charge in [-0.25, -0.2) is 0 Å². The van der Waals surface area contributed by atoms with Gasteiger partial charge in [-0.05, 0) is 25.7 Å². The van der Waals surface area contributed by atoms with Gasteiger partial charge in [0.2, 0.25) is 5.89 Å². The third-order valence-electron chi connectivity index (χ3n) is 3.95. The maximum atomic E-state index is 9.73. The van der Waals surface area contributed by atoms with Crippen LogP contribution in [-0.4, -0.2) is 33.6 Å². The zero-order valence-corrected chi connectivity index (χ0v) is 10.7. The van der Waals surface area contributed by atoms with Crippen molar-refractivity contribution in [2.45, 2.75) is 69.7 Å². The van der Waals surface area contributed by atoms with Crippen LogP contribution in [0.15, 0.2) is 4.52 Å². The van der Waals surface area contributed by atoms with Crippen molar-refractivity contribution in [1.29, 1.82) is 0 Å². The first-order chi connectivity index (χ1) is 8.76. The molecule has 3 heterocycles. The van der Waals surface area contributed by atoms with E-state index in [2.05, 4.69) is 17.1 Å². The van der Waals surface area contributed by atoms with Crippen molar-refractivity contribution in [3.8, 4) is 0 Å². The van der Waals surface area contributed by atoms with E-state index in [4.69, 9.17) is 9.26 Å². The molecule has 2 aliphatic heterocycles. The van der Waals surface area contributed by atoms with Crippen molar-refractivity contribution in [2.24, 2.45) is 0 Å². The molecule has 100 valence electrons. The number of ether oxygens (including phenoxy) is 1. The zero-order valence-electron chi connectivity index (χ0n) is 10.7. The highest BCUT2D eigenvalue weighted by Crippen LogP contribution is 2.43. The van der Waals surface area contributed by atoms with Crippen LogP contribution in [0.3, 0.4) is 0 Å². The van der Waals surface area contributed by atoms with Gasteiger partial charge in [-0.3, -0.25) is 0 Å². The van der Waals surface area contributed by atoms with Gasteiger partial charge in [-0.15, -0.1) is 0 Å². The lowest BCUT2D eigenvalue weighted by molar-refractivity contribution is 0.0996. The lowest BCUT2D eigenvalue weighted by Gasteiger charge is -2.13. The Hall–Kier alpha value is -0.940. The third-order valence-corrected chi connectivity index (χ3v) is 3.95. The number of rotatable bonds is 5. The van der Waals surface area contributed by atoms with E-state index in [0.717, 1.165) is 31.5 Å². The first-order valence-corrected chi connectivity index (χ1v) is 6.92. The summed E-state index contributed by atoms with van der Waals surface area (Å²) in [6, 6.07) is 0. The van der Waals surface area contributed by atoms with E-state index >= 15 is 0 Å². The Labute approximate surface area is 107 Å². The highest BCUT2D eigenvalue weighted by Gasteiger charge is 2.43. The van der Waals surface area contributed by atoms with E-state index < -0.39 is 0 Å². The van der Waals surface area contributed by atoms with Crippen LogP contribution < -0.4 is 0 Å². The van der Waals surface area contributed by atoms with Crippen molar-refractivity contribution >= 4 is 0 Å². The maximum absolute atomic E-state index is 9.73. The summed E-state index contributed by atoms with van der Waals surface area (Å²) in [5.74, 6) is 1.61. The van der Waals surface area contributed by atoms with Gasteiger partial charge >= 0.3 is 0 Å². The zero-order chi connectivity index (χ0) is 12.5. The Balaban J connectivity index is 1.63. The summed E-state index contributed by atoms with van der Waals surface area (Å²) in [6.07, 6.45) is 5.79. The van der Waals surface area contributed by atoms with Crippen LogP contribution in [0, 0.1) is 0 Å². The van der Waals surface area contributed by atoms with Crippen molar-refractivity contribution in [2.75, 3.05) is 0 Å².